The molecule has 0 aromatic heterocycles. The number of hydrogen-bond donors (Lipinski definition) is 0. The molecule has 0 spiro atoms. The number of amides is 1. The lowest BCUT2D eigenvalue weighted by Crippen LogP contribution is -2.38. The molecule has 1 aliphatic heterocycles. The number of benzene rings is 1. The fourth-order valence-electron chi connectivity index (χ4n) is 3.58. The van der Waals surface area contributed by atoms with Gasteiger partial charge in [-0.25, -0.2) is 0 Å². The molecule has 0 saturated carbocycles. The fourth-order valence-corrected chi connectivity index (χ4v) is 3.58. The zero-order valence-electron chi connectivity index (χ0n) is 16.6. The third-order valence-electron chi connectivity index (χ3n) is 5.20. The monoisotopic (exact) mass is 369 g/mol. The van der Waals surface area contributed by atoms with Crippen molar-refractivity contribution in [3.05, 3.63) is 60.7 Å². The van der Waals surface area contributed by atoms with Crippen molar-refractivity contribution in [3.8, 4) is 11.5 Å². The Hall–Kier alpha value is -2.49. The van der Waals surface area contributed by atoms with Crippen molar-refractivity contribution in [2.45, 2.75) is 32.1 Å². The molecule has 2 rings (SSSR count). The highest BCUT2D eigenvalue weighted by Gasteiger charge is 2.24. The van der Waals surface area contributed by atoms with Gasteiger partial charge in [0.25, 0.3) is 5.91 Å². The van der Waals surface area contributed by atoms with E-state index in [1.54, 1.807) is 32.4 Å². The van der Waals surface area contributed by atoms with Crippen molar-refractivity contribution in [3.63, 3.8) is 0 Å². The molecule has 146 valence electrons. The first-order chi connectivity index (χ1) is 13.1. The Morgan fingerprint density at radius 1 is 1.19 bits per heavy atom. The van der Waals surface area contributed by atoms with Gasteiger partial charge < -0.3 is 14.4 Å². The van der Waals surface area contributed by atoms with Crippen LogP contribution in [0, 0.1) is 5.92 Å². The molecule has 0 aliphatic carbocycles. The van der Waals surface area contributed by atoms with Gasteiger partial charge in [-0.2, -0.15) is 0 Å². The number of piperidine rings is 1. The summed E-state index contributed by atoms with van der Waals surface area (Å²) in [5, 5.41) is 0. The molecule has 0 unspecified atom stereocenters. The van der Waals surface area contributed by atoms with E-state index >= 15 is 0 Å². The highest BCUT2D eigenvalue weighted by atomic mass is 16.5. The summed E-state index contributed by atoms with van der Waals surface area (Å²) in [6.45, 7) is 9.22. The van der Waals surface area contributed by atoms with Crippen molar-refractivity contribution in [1.82, 2.24) is 4.90 Å². The molecule has 4 nitrogen and oxygen atoms in total. The number of methoxy groups -OCH3 is 2. The van der Waals surface area contributed by atoms with Crippen molar-refractivity contribution in [2.75, 3.05) is 27.3 Å². The number of ether oxygens (including phenoxy) is 2. The topological polar surface area (TPSA) is 38.8 Å². The predicted molar refractivity (Wildman–Crippen MR) is 111 cm³/mol. The molecule has 1 aromatic carbocycles. The molecule has 0 atom stereocenters. The lowest BCUT2D eigenvalue weighted by Gasteiger charge is -2.32. The summed E-state index contributed by atoms with van der Waals surface area (Å²) in [6, 6.07) is 5.35. The molecule has 0 bridgehead atoms. The Balaban J connectivity index is 1.84. The van der Waals surface area contributed by atoms with Gasteiger partial charge >= 0.3 is 0 Å². The summed E-state index contributed by atoms with van der Waals surface area (Å²) < 4.78 is 10.6. The maximum Gasteiger partial charge on any atom is 0.253 e. The van der Waals surface area contributed by atoms with Gasteiger partial charge in [-0.05, 0) is 61.8 Å². The van der Waals surface area contributed by atoms with E-state index in [1.165, 1.54) is 12.0 Å². The molecule has 1 aliphatic rings. The standard InChI is InChI=1S/C23H31NO3/c1-5-8-18(6-2)9-7-10-19-13-15-24(16-14-19)23(25)20-11-12-21(26-3)22(17-20)27-4/h5-6,8,11-12,17,19H,1-2,7,9-10,13-16H2,3-4H3/b18-8+. The zero-order chi connectivity index (χ0) is 19.6. The van der Waals surface area contributed by atoms with Gasteiger partial charge in [0.05, 0.1) is 14.2 Å². The molecule has 0 radical (unpaired) electrons. The number of rotatable bonds is 9. The van der Waals surface area contributed by atoms with Crippen LogP contribution in [-0.2, 0) is 0 Å². The van der Waals surface area contributed by atoms with Gasteiger partial charge in [0, 0.05) is 18.7 Å². The molecular weight excluding hydrogens is 338 g/mol. The third kappa shape index (κ3) is 5.75. The average Bonchev–Trinajstić information content (AvgIpc) is 2.72. The van der Waals surface area contributed by atoms with Crippen LogP contribution in [0.4, 0.5) is 0 Å². The van der Waals surface area contributed by atoms with Crippen LogP contribution in [0.5, 0.6) is 11.5 Å². The minimum Gasteiger partial charge on any atom is -0.493 e. The summed E-state index contributed by atoms with van der Waals surface area (Å²) >= 11 is 0. The van der Waals surface area contributed by atoms with Gasteiger partial charge in [0.15, 0.2) is 11.5 Å². The SMILES string of the molecule is C=C/C=C(\C=C)CCCC1CCN(C(=O)c2ccc(OC)c(OC)c2)CC1. The van der Waals surface area contributed by atoms with Crippen LogP contribution in [0.2, 0.25) is 0 Å². The van der Waals surface area contributed by atoms with Crippen LogP contribution in [-0.4, -0.2) is 38.1 Å². The van der Waals surface area contributed by atoms with E-state index in [0.29, 0.717) is 23.0 Å². The van der Waals surface area contributed by atoms with Gasteiger partial charge in [-0.15, -0.1) is 0 Å². The van der Waals surface area contributed by atoms with Gasteiger partial charge in [0.1, 0.15) is 0 Å². The van der Waals surface area contributed by atoms with Crippen LogP contribution in [0.1, 0.15) is 42.5 Å². The zero-order valence-corrected chi connectivity index (χ0v) is 16.6. The van der Waals surface area contributed by atoms with Crippen molar-refractivity contribution in [2.24, 2.45) is 5.92 Å². The molecule has 1 amide bonds. The van der Waals surface area contributed by atoms with Gasteiger partial charge in [-0.3, -0.25) is 4.79 Å². The Labute approximate surface area is 163 Å². The second-order valence-corrected chi connectivity index (χ2v) is 6.88. The molecular formula is C23H31NO3. The lowest BCUT2D eigenvalue weighted by molar-refractivity contribution is 0.0685. The Morgan fingerprint density at radius 3 is 2.48 bits per heavy atom. The summed E-state index contributed by atoms with van der Waals surface area (Å²) in [7, 11) is 3.18. The van der Waals surface area contributed by atoms with Crippen LogP contribution in [0.3, 0.4) is 0 Å². The molecule has 1 saturated heterocycles. The van der Waals surface area contributed by atoms with Crippen molar-refractivity contribution >= 4 is 5.91 Å². The highest BCUT2D eigenvalue weighted by Crippen LogP contribution is 2.29. The van der Waals surface area contributed by atoms with E-state index in [1.807, 2.05) is 23.1 Å². The van der Waals surface area contributed by atoms with Crippen LogP contribution in [0.15, 0.2) is 55.2 Å². The Bertz CT molecular complexity index is 685. The van der Waals surface area contributed by atoms with E-state index in [-0.39, 0.29) is 5.91 Å². The second-order valence-electron chi connectivity index (χ2n) is 6.88. The summed E-state index contributed by atoms with van der Waals surface area (Å²) in [4.78, 5) is 14.7. The van der Waals surface area contributed by atoms with E-state index in [0.717, 1.165) is 38.8 Å². The number of likely N-dealkylation sites (tertiary alicyclic amines) is 1. The first-order valence-electron chi connectivity index (χ1n) is 9.58. The molecule has 27 heavy (non-hydrogen) atoms. The molecule has 1 fully saturated rings. The summed E-state index contributed by atoms with van der Waals surface area (Å²) in [6.07, 6.45) is 11.3. The first-order valence-corrected chi connectivity index (χ1v) is 9.58. The van der Waals surface area contributed by atoms with Crippen molar-refractivity contribution in [1.29, 1.82) is 0 Å². The van der Waals surface area contributed by atoms with E-state index in [4.69, 9.17) is 9.47 Å². The maximum atomic E-state index is 12.8. The average molecular weight is 370 g/mol. The Kier molecular flexibility index (Phi) is 8.18. The number of carbonyl (C=O) groups excluding carboxylic acids is 1. The maximum absolute atomic E-state index is 12.8. The predicted octanol–water partition coefficient (Wildman–Crippen LogP) is 5.02. The van der Waals surface area contributed by atoms with Crippen LogP contribution >= 0.6 is 0 Å². The van der Waals surface area contributed by atoms with E-state index in [2.05, 4.69) is 13.2 Å². The fraction of sp³-hybridized carbons (Fsp3) is 0.435. The lowest BCUT2D eigenvalue weighted by atomic mass is 9.90. The largest absolute Gasteiger partial charge is 0.493 e. The molecule has 4 heteroatoms. The summed E-state index contributed by atoms with van der Waals surface area (Å²) in [5.74, 6) is 1.98. The van der Waals surface area contributed by atoms with Crippen molar-refractivity contribution < 1.29 is 14.3 Å². The smallest absolute Gasteiger partial charge is 0.253 e. The molecule has 0 N–H and O–H groups in total. The third-order valence-corrected chi connectivity index (χ3v) is 5.20. The van der Waals surface area contributed by atoms with Crippen LogP contribution in [0.25, 0.3) is 0 Å². The van der Waals surface area contributed by atoms with Crippen LogP contribution < -0.4 is 9.47 Å². The summed E-state index contributed by atoms with van der Waals surface area (Å²) in [5.41, 5.74) is 1.89. The minimum absolute atomic E-state index is 0.0669. The molecule has 1 heterocycles. The quantitative estimate of drug-likeness (QED) is 0.573. The number of hydrogen-bond acceptors (Lipinski definition) is 3. The number of nitrogens with zero attached hydrogens (tertiary/aromatic N) is 1. The van der Waals surface area contributed by atoms with Gasteiger partial charge in [0.2, 0.25) is 0 Å². The normalized spacial score (nSPS) is 15.3. The van der Waals surface area contributed by atoms with E-state index in [9.17, 15) is 4.79 Å². The van der Waals surface area contributed by atoms with Gasteiger partial charge in [-0.1, -0.05) is 31.4 Å². The Morgan fingerprint density at radius 2 is 1.89 bits per heavy atom. The minimum atomic E-state index is 0.0669. The first kappa shape index (κ1) is 20.8. The second kappa shape index (κ2) is 10.6. The molecule has 1 aromatic rings. The number of carbonyl (C=O) groups is 1. The number of allylic oxidation sites excluding steroid dienone is 4. The highest BCUT2D eigenvalue weighted by molar-refractivity contribution is 5.95. The van der Waals surface area contributed by atoms with E-state index < -0.39 is 0 Å².